The molecule has 0 aliphatic heterocycles. The molecule has 0 amide bonds. The van der Waals surface area contributed by atoms with Crippen LogP contribution in [0.4, 0.5) is 0 Å². The number of rotatable bonds is 3. The second kappa shape index (κ2) is 3.89. The molecule has 14 heavy (non-hydrogen) atoms. The predicted octanol–water partition coefficient (Wildman–Crippen LogP) is 1.15. The van der Waals surface area contributed by atoms with E-state index < -0.39 is 6.10 Å². The number of thiazole rings is 1. The summed E-state index contributed by atoms with van der Waals surface area (Å²) in [6.45, 7) is 0. The molecule has 74 valence electrons. The number of aryl methyl sites for hydroxylation is 1. The van der Waals surface area contributed by atoms with Crippen LogP contribution in [0.15, 0.2) is 24.0 Å². The predicted molar refractivity (Wildman–Crippen MR) is 54.0 cm³/mol. The molecule has 0 aromatic carbocycles. The smallest absolute Gasteiger partial charge is 0.0954 e. The summed E-state index contributed by atoms with van der Waals surface area (Å²) < 4.78 is 1.68. The molecule has 1 atom stereocenters. The second-order valence-electron chi connectivity index (χ2n) is 3.09. The summed E-state index contributed by atoms with van der Waals surface area (Å²) in [5, 5.41) is 16.7. The topological polar surface area (TPSA) is 50.9 Å². The summed E-state index contributed by atoms with van der Waals surface area (Å²) in [7, 11) is 1.83. The molecule has 2 aromatic heterocycles. The van der Waals surface area contributed by atoms with Gasteiger partial charge in [-0.05, 0) is 0 Å². The fourth-order valence-corrected chi connectivity index (χ4v) is 1.90. The number of hydrogen-bond donors (Lipinski definition) is 1. The fraction of sp³-hybridized carbons (Fsp3) is 0.333. The van der Waals surface area contributed by atoms with E-state index in [9.17, 15) is 5.11 Å². The highest BCUT2D eigenvalue weighted by Gasteiger charge is 2.11. The van der Waals surface area contributed by atoms with Gasteiger partial charge >= 0.3 is 0 Å². The van der Waals surface area contributed by atoms with Crippen molar-refractivity contribution in [3.8, 4) is 0 Å². The lowest BCUT2D eigenvalue weighted by atomic mass is 10.1. The zero-order chi connectivity index (χ0) is 9.97. The molecule has 0 fully saturated rings. The Morgan fingerprint density at radius 1 is 1.64 bits per heavy atom. The molecule has 0 saturated heterocycles. The quantitative estimate of drug-likeness (QED) is 0.825. The van der Waals surface area contributed by atoms with E-state index in [4.69, 9.17) is 0 Å². The van der Waals surface area contributed by atoms with Crippen LogP contribution in [0.25, 0.3) is 0 Å². The molecule has 0 bridgehead atoms. The molecular weight excluding hydrogens is 198 g/mol. The third-order valence-electron chi connectivity index (χ3n) is 1.96. The van der Waals surface area contributed by atoms with Gasteiger partial charge in [-0.25, -0.2) is 4.98 Å². The lowest BCUT2D eigenvalue weighted by molar-refractivity contribution is 0.178. The van der Waals surface area contributed by atoms with E-state index in [-0.39, 0.29) is 0 Å². The maximum Gasteiger partial charge on any atom is 0.0954 e. The van der Waals surface area contributed by atoms with E-state index in [1.54, 1.807) is 28.4 Å². The van der Waals surface area contributed by atoms with E-state index >= 15 is 0 Å². The Morgan fingerprint density at radius 2 is 2.50 bits per heavy atom. The molecule has 4 nitrogen and oxygen atoms in total. The Labute approximate surface area is 85.8 Å². The summed E-state index contributed by atoms with van der Waals surface area (Å²) in [6, 6.07) is 0. The first kappa shape index (κ1) is 9.36. The Morgan fingerprint density at radius 3 is 3.07 bits per heavy atom. The molecule has 0 saturated carbocycles. The zero-order valence-corrected chi connectivity index (χ0v) is 8.61. The van der Waals surface area contributed by atoms with E-state index in [2.05, 4.69) is 10.1 Å². The maximum atomic E-state index is 9.82. The summed E-state index contributed by atoms with van der Waals surface area (Å²) in [5.74, 6) is 0. The number of hydrogen-bond acceptors (Lipinski definition) is 4. The van der Waals surface area contributed by atoms with Gasteiger partial charge in [0.15, 0.2) is 0 Å². The van der Waals surface area contributed by atoms with Crippen molar-refractivity contribution in [1.29, 1.82) is 0 Å². The van der Waals surface area contributed by atoms with Gasteiger partial charge in [0.1, 0.15) is 0 Å². The second-order valence-corrected chi connectivity index (χ2v) is 4.07. The van der Waals surface area contributed by atoms with Gasteiger partial charge in [-0.1, -0.05) is 0 Å². The number of aromatic nitrogens is 3. The van der Waals surface area contributed by atoms with Crippen molar-refractivity contribution in [3.63, 3.8) is 0 Å². The van der Waals surface area contributed by atoms with Crippen LogP contribution in [0.1, 0.15) is 16.7 Å². The van der Waals surface area contributed by atoms with Gasteiger partial charge in [0, 0.05) is 36.8 Å². The van der Waals surface area contributed by atoms with Crippen molar-refractivity contribution >= 4 is 11.3 Å². The molecular formula is C9H11N3OS. The van der Waals surface area contributed by atoms with E-state index in [1.807, 2.05) is 18.6 Å². The van der Waals surface area contributed by atoms with Crippen molar-refractivity contribution in [2.24, 2.45) is 7.05 Å². The van der Waals surface area contributed by atoms with Crippen LogP contribution in [-0.4, -0.2) is 19.9 Å². The van der Waals surface area contributed by atoms with Crippen molar-refractivity contribution in [2.75, 3.05) is 0 Å². The SMILES string of the molecule is Cn1cc(C(O)Cc2nccs2)cn1. The monoisotopic (exact) mass is 209 g/mol. The summed E-state index contributed by atoms with van der Waals surface area (Å²) in [5.41, 5.74) is 0.836. The van der Waals surface area contributed by atoms with Gasteiger partial charge < -0.3 is 5.11 Å². The molecule has 1 N–H and O–H groups in total. The first-order chi connectivity index (χ1) is 6.75. The standard InChI is InChI=1S/C9H11N3OS/c1-12-6-7(5-11-12)8(13)4-9-10-2-3-14-9/h2-3,5-6,8,13H,4H2,1H3. The molecule has 0 radical (unpaired) electrons. The highest BCUT2D eigenvalue weighted by Crippen LogP contribution is 2.18. The van der Waals surface area contributed by atoms with Crippen molar-refractivity contribution in [1.82, 2.24) is 14.8 Å². The average Bonchev–Trinajstić information content (AvgIpc) is 2.75. The number of aliphatic hydroxyl groups excluding tert-OH is 1. The van der Waals surface area contributed by atoms with Crippen molar-refractivity contribution in [3.05, 3.63) is 34.5 Å². The first-order valence-electron chi connectivity index (χ1n) is 4.30. The Bertz CT molecular complexity index is 396. The summed E-state index contributed by atoms with van der Waals surface area (Å²) >= 11 is 1.55. The minimum atomic E-state index is -0.505. The molecule has 2 aromatic rings. The average molecular weight is 209 g/mol. The number of aliphatic hydroxyl groups is 1. The van der Waals surface area contributed by atoms with Crippen LogP contribution >= 0.6 is 11.3 Å². The van der Waals surface area contributed by atoms with Crippen LogP contribution in [0.3, 0.4) is 0 Å². The van der Waals surface area contributed by atoms with E-state index in [1.165, 1.54) is 0 Å². The third kappa shape index (κ3) is 2.00. The maximum absolute atomic E-state index is 9.82. The lowest BCUT2D eigenvalue weighted by Gasteiger charge is -2.04. The minimum Gasteiger partial charge on any atom is -0.388 e. The largest absolute Gasteiger partial charge is 0.388 e. The summed E-state index contributed by atoms with van der Waals surface area (Å²) in [4.78, 5) is 4.12. The molecule has 0 aliphatic rings. The molecule has 0 spiro atoms. The molecule has 1 unspecified atom stereocenters. The summed E-state index contributed by atoms with van der Waals surface area (Å²) in [6.07, 6.45) is 5.30. The fourth-order valence-electron chi connectivity index (χ4n) is 1.25. The molecule has 2 rings (SSSR count). The van der Waals surface area contributed by atoms with Gasteiger partial charge in [-0.15, -0.1) is 11.3 Å². The minimum absolute atomic E-state index is 0.505. The zero-order valence-electron chi connectivity index (χ0n) is 7.79. The van der Waals surface area contributed by atoms with Crippen molar-refractivity contribution < 1.29 is 5.11 Å². The van der Waals surface area contributed by atoms with E-state index in [0.717, 1.165) is 10.6 Å². The highest BCUT2D eigenvalue weighted by molar-refractivity contribution is 7.09. The Kier molecular flexibility index (Phi) is 2.60. The van der Waals surface area contributed by atoms with Crippen LogP contribution < -0.4 is 0 Å². The normalized spacial score (nSPS) is 13.0. The van der Waals surface area contributed by atoms with Gasteiger partial charge in [0.25, 0.3) is 0 Å². The van der Waals surface area contributed by atoms with Gasteiger partial charge in [-0.3, -0.25) is 4.68 Å². The van der Waals surface area contributed by atoms with Crippen LogP contribution in [-0.2, 0) is 13.5 Å². The lowest BCUT2D eigenvalue weighted by Crippen LogP contribution is -2.00. The first-order valence-corrected chi connectivity index (χ1v) is 5.18. The van der Waals surface area contributed by atoms with Gasteiger partial charge in [0.05, 0.1) is 17.3 Å². The Balaban J connectivity index is 2.06. The van der Waals surface area contributed by atoms with Gasteiger partial charge in [-0.2, -0.15) is 5.10 Å². The van der Waals surface area contributed by atoms with Crippen LogP contribution in [0, 0.1) is 0 Å². The molecule has 2 heterocycles. The molecule has 0 aliphatic carbocycles. The van der Waals surface area contributed by atoms with Crippen LogP contribution in [0.2, 0.25) is 0 Å². The van der Waals surface area contributed by atoms with Gasteiger partial charge in [0.2, 0.25) is 0 Å². The Hall–Kier alpha value is -1.20. The molecule has 5 heteroatoms. The van der Waals surface area contributed by atoms with Crippen LogP contribution in [0.5, 0.6) is 0 Å². The number of nitrogens with zero attached hydrogens (tertiary/aromatic N) is 3. The highest BCUT2D eigenvalue weighted by atomic mass is 32.1. The van der Waals surface area contributed by atoms with Crippen molar-refractivity contribution in [2.45, 2.75) is 12.5 Å². The van der Waals surface area contributed by atoms with E-state index in [0.29, 0.717) is 6.42 Å². The third-order valence-corrected chi connectivity index (χ3v) is 2.76.